The van der Waals surface area contributed by atoms with Crippen molar-refractivity contribution in [2.75, 3.05) is 13.2 Å². The lowest BCUT2D eigenvalue weighted by molar-refractivity contribution is -0.169. The van der Waals surface area contributed by atoms with E-state index in [1.54, 1.807) is 0 Å². The molecule has 0 aromatic heterocycles. The molecule has 166 valence electrons. The number of hydrogen-bond donors (Lipinski definition) is 1. The summed E-state index contributed by atoms with van der Waals surface area (Å²) in [5.74, 6) is -1.41. The van der Waals surface area contributed by atoms with Crippen molar-refractivity contribution in [3.05, 3.63) is 41.0 Å². The minimum absolute atomic E-state index is 0.0713. The SMILES string of the molecule is CCCC(CCC)C(=O)OCC1(CO)C/C(=C/c2cccc(C(F)(F)F)c2)C(=O)O1. The van der Waals surface area contributed by atoms with Crippen LogP contribution in [0.3, 0.4) is 0 Å². The van der Waals surface area contributed by atoms with E-state index in [2.05, 4.69) is 0 Å². The van der Waals surface area contributed by atoms with Crippen molar-refractivity contribution in [3.8, 4) is 0 Å². The van der Waals surface area contributed by atoms with Gasteiger partial charge in [-0.1, -0.05) is 38.8 Å². The third-order valence-corrected chi connectivity index (χ3v) is 5.01. The largest absolute Gasteiger partial charge is 0.461 e. The van der Waals surface area contributed by atoms with Crippen LogP contribution in [0.4, 0.5) is 13.2 Å². The van der Waals surface area contributed by atoms with Gasteiger partial charge in [-0.2, -0.15) is 13.2 Å². The van der Waals surface area contributed by atoms with Crippen LogP contribution in [0.2, 0.25) is 0 Å². The fraction of sp³-hybridized carbons (Fsp3) is 0.545. The molecule has 0 radical (unpaired) electrons. The average Bonchev–Trinajstić information content (AvgIpc) is 3.01. The first-order chi connectivity index (χ1) is 14.1. The monoisotopic (exact) mass is 428 g/mol. The Morgan fingerprint density at radius 1 is 1.30 bits per heavy atom. The summed E-state index contributed by atoms with van der Waals surface area (Å²) in [6.07, 6.45) is -0.265. The van der Waals surface area contributed by atoms with Gasteiger partial charge in [0.25, 0.3) is 0 Å². The van der Waals surface area contributed by atoms with Crippen molar-refractivity contribution in [2.24, 2.45) is 5.92 Å². The van der Waals surface area contributed by atoms with Crippen LogP contribution < -0.4 is 0 Å². The zero-order valence-electron chi connectivity index (χ0n) is 17.1. The number of alkyl halides is 3. The van der Waals surface area contributed by atoms with E-state index in [0.29, 0.717) is 12.8 Å². The molecule has 1 fully saturated rings. The zero-order chi connectivity index (χ0) is 22.4. The Hall–Kier alpha value is -2.35. The van der Waals surface area contributed by atoms with Gasteiger partial charge in [-0.3, -0.25) is 4.79 Å². The number of carbonyl (C=O) groups excluding carboxylic acids is 2. The lowest BCUT2D eigenvalue weighted by Gasteiger charge is -2.25. The van der Waals surface area contributed by atoms with Gasteiger partial charge in [0.05, 0.1) is 18.1 Å². The Labute approximate surface area is 173 Å². The second kappa shape index (κ2) is 10.1. The van der Waals surface area contributed by atoms with Crippen LogP contribution in [-0.2, 0) is 25.2 Å². The van der Waals surface area contributed by atoms with E-state index < -0.39 is 35.9 Å². The summed E-state index contributed by atoms with van der Waals surface area (Å²) in [6.45, 7) is 3.06. The molecule has 2 rings (SSSR count). The predicted molar refractivity (Wildman–Crippen MR) is 104 cm³/mol. The normalized spacial score (nSPS) is 20.6. The average molecular weight is 428 g/mol. The highest BCUT2D eigenvalue weighted by atomic mass is 19.4. The van der Waals surface area contributed by atoms with Crippen molar-refractivity contribution in [2.45, 2.75) is 57.7 Å². The molecule has 1 aliphatic heterocycles. The predicted octanol–water partition coefficient (Wildman–Crippen LogP) is 4.53. The molecule has 1 unspecified atom stereocenters. The Bertz CT molecular complexity index is 781. The van der Waals surface area contributed by atoms with Crippen molar-refractivity contribution in [1.29, 1.82) is 0 Å². The van der Waals surface area contributed by atoms with Gasteiger partial charge in [0, 0.05) is 12.0 Å². The topological polar surface area (TPSA) is 72.8 Å². The van der Waals surface area contributed by atoms with Crippen molar-refractivity contribution in [3.63, 3.8) is 0 Å². The molecule has 1 aromatic carbocycles. The maximum atomic E-state index is 12.9. The van der Waals surface area contributed by atoms with Gasteiger partial charge in [-0.15, -0.1) is 0 Å². The number of carbonyl (C=O) groups is 2. The molecule has 1 saturated heterocycles. The van der Waals surface area contributed by atoms with Crippen LogP contribution in [0.25, 0.3) is 6.08 Å². The van der Waals surface area contributed by atoms with Crippen molar-refractivity contribution >= 4 is 18.0 Å². The Balaban J connectivity index is 2.13. The molecule has 1 heterocycles. The molecule has 0 aliphatic carbocycles. The molecule has 0 bridgehead atoms. The molecule has 5 nitrogen and oxygen atoms in total. The van der Waals surface area contributed by atoms with Gasteiger partial charge < -0.3 is 14.6 Å². The lowest BCUT2D eigenvalue weighted by atomic mass is 9.96. The summed E-state index contributed by atoms with van der Waals surface area (Å²) < 4.78 is 49.3. The van der Waals surface area contributed by atoms with Gasteiger partial charge in [-0.05, 0) is 36.6 Å². The number of rotatable bonds is 9. The first kappa shape index (κ1) is 23.9. The minimum Gasteiger partial charge on any atom is -0.461 e. The summed E-state index contributed by atoms with van der Waals surface area (Å²) in [7, 11) is 0. The lowest BCUT2D eigenvalue weighted by Crippen LogP contribution is -2.40. The molecule has 1 atom stereocenters. The van der Waals surface area contributed by atoms with E-state index in [1.807, 2.05) is 13.8 Å². The molecule has 0 spiro atoms. The highest BCUT2D eigenvalue weighted by Gasteiger charge is 2.45. The number of esters is 2. The quantitative estimate of drug-likeness (QED) is 0.462. The molecule has 1 N–H and O–H groups in total. The van der Waals surface area contributed by atoms with E-state index in [0.717, 1.165) is 25.0 Å². The second-order valence-electron chi connectivity index (χ2n) is 7.58. The Morgan fingerprint density at radius 2 is 1.97 bits per heavy atom. The number of cyclic esters (lactones) is 1. The fourth-order valence-electron chi connectivity index (χ4n) is 3.45. The zero-order valence-corrected chi connectivity index (χ0v) is 17.1. The third-order valence-electron chi connectivity index (χ3n) is 5.01. The summed E-state index contributed by atoms with van der Waals surface area (Å²) in [6, 6.07) is 4.56. The number of benzene rings is 1. The molecule has 0 saturated carbocycles. The molecule has 8 heteroatoms. The molecule has 0 amide bonds. The second-order valence-corrected chi connectivity index (χ2v) is 7.58. The van der Waals surface area contributed by atoms with Crippen molar-refractivity contribution < 1.29 is 37.3 Å². The van der Waals surface area contributed by atoms with Crippen LogP contribution in [0.5, 0.6) is 0 Å². The van der Waals surface area contributed by atoms with Crippen LogP contribution in [0.1, 0.15) is 57.1 Å². The molecular weight excluding hydrogens is 401 g/mol. The van der Waals surface area contributed by atoms with Crippen LogP contribution >= 0.6 is 0 Å². The van der Waals surface area contributed by atoms with Gasteiger partial charge in [0.2, 0.25) is 0 Å². The van der Waals surface area contributed by atoms with Gasteiger partial charge in [-0.25, -0.2) is 4.79 Å². The molecule has 30 heavy (non-hydrogen) atoms. The van der Waals surface area contributed by atoms with Crippen LogP contribution in [-0.4, -0.2) is 35.9 Å². The standard InChI is InChI=1S/C22H27F3O5/c1-3-6-16(7-4-2)19(27)29-14-21(13-26)12-17(20(28)30-21)10-15-8-5-9-18(11-15)22(23,24)25/h5,8-11,16,26H,3-4,6-7,12-14H2,1-2H3/b17-10-. The number of ether oxygens (including phenoxy) is 2. The third kappa shape index (κ3) is 6.08. The van der Waals surface area contributed by atoms with E-state index >= 15 is 0 Å². The minimum atomic E-state index is -4.50. The number of aliphatic hydroxyl groups excluding tert-OH is 1. The number of hydrogen-bond acceptors (Lipinski definition) is 5. The number of aliphatic hydroxyl groups is 1. The van der Waals surface area contributed by atoms with Crippen LogP contribution in [0.15, 0.2) is 29.8 Å². The van der Waals surface area contributed by atoms with Gasteiger partial charge in [0.15, 0.2) is 5.60 Å². The highest BCUT2D eigenvalue weighted by molar-refractivity contribution is 5.96. The van der Waals surface area contributed by atoms with E-state index in [4.69, 9.17) is 9.47 Å². The molecule has 1 aliphatic rings. The highest BCUT2D eigenvalue weighted by Crippen LogP contribution is 2.34. The van der Waals surface area contributed by atoms with E-state index in [-0.39, 0.29) is 30.1 Å². The Kier molecular flexibility index (Phi) is 8.06. The summed E-state index contributed by atoms with van der Waals surface area (Å²) in [5.41, 5.74) is -1.96. The molecule has 1 aromatic rings. The number of halogens is 3. The fourth-order valence-corrected chi connectivity index (χ4v) is 3.45. The maximum Gasteiger partial charge on any atom is 0.416 e. The van der Waals surface area contributed by atoms with Gasteiger partial charge >= 0.3 is 18.1 Å². The van der Waals surface area contributed by atoms with Crippen LogP contribution in [0, 0.1) is 5.92 Å². The van der Waals surface area contributed by atoms with Crippen molar-refractivity contribution in [1.82, 2.24) is 0 Å². The maximum absolute atomic E-state index is 12.9. The van der Waals surface area contributed by atoms with E-state index in [1.165, 1.54) is 18.2 Å². The summed E-state index contributed by atoms with van der Waals surface area (Å²) >= 11 is 0. The first-order valence-corrected chi connectivity index (χ1v) is 10.0. The smallest absolute Gasteiger partial charge is 0.416 e. The molecular formula is C22H27F3O5. The van der Waals surface area contributed by atoms with Gasteiger partial charge in [0.1, 0.15) is 6.61 Å². The van der Waals surface area contributed by atoms with E-state index in [9.17, 15) is 27.9 Å². The summed E-state index contributed by atoms with van der Waals surface area (Å²) in [5, 5.41) is 9.78. The first-order valence-electron chi connectivity index (χ1n) is 10.0. The Morgan fingerprint density at radius 3 is 2.53 bits per heavy atom. The summed E-state index contributed by atoms with van der Waals surface area (Å²) in [4.78, 5) is 24.6.